The molecule has 0 saturated heterocycles. The smallest absolute Gasteiger partial charge is 0.207 e. The minimum Gasteiger partial charge on any atom is -0.207 e. The summed E-state index contributed by atoms with van der Waals surface area (Å²) in [5, 5.41) is 2.56. The van der Waals surface area contributed by atoms with Gasteiger partial charge in [0.2, 0.25) is 0 Å². The summed E-state index contributed by atoms with van der Waals surface area (Å²) in [5.74, 6) is 0. The van der Waals surface area contributed by atoms with Crippen LogP contribution in [0.3, 0.4) is 0 Å². The molecule has 13 heavy (non-hydrogen) atoms. The number of hydrogen-bond acceptors (Lipinski definition) is 4. The second kappa shape index (κ2) is 3.43. The highest BCUT2D eigenvalue weighted by Gasteiger charge is 2.16. The van der Waals surface area contributed by atoms with Crippen LogP contribution in [-0.2, 0) is 9.05 Å². The van der Waals surface area contributed by atoms with Gasteiger partial charge in [0.1, 0.15) is 10.6 Å². The van der Waals surface area contributed by atoms with E-state index in [0.717, 1.165) is 0 Å². The molecule has 4 nitrogen and oxygen atoms in total. The maximum absolute atomic E-state index is 10.9. The number of benzene rings is 1. The molecule has 0 atom stereocenters. The van der Waals surface area contributed by atoms with E-state index >= 15 is 0 Å². The SMILES string of the molecule is Cc1ccc(N=O)c(S(=O)(=O)Cl)c1. The van der Waals surface area contributed by atoms with Crippen molar-refractivity contribution in [3.63, 3.8) is 0 Å². The molecule has 0 amide bonds. The van der Waals surface area contributed by atoms with Crippen LogP contribution in [0.4, 0.5) is 5.69 Å². The molecule has 0 bridgehead atoms. The van der Waals surface area contributed by atoms with Gasteiger partial charge < -0.3 is 0 Å². The molecular formula is C7H6ClNO3S. The van der Waals surface area contributed by atoms with E-state index in [0.29, 0.717) is 5.56 Å². The van der Waals surface area contributed by atoms with Gasteiger partial charge in [0.15, 0.2) is 0 Å². The topological polar surface area (TPSA) is 63.6 Å². The van der Waals surface area contributed by atoms with Gasteiger partial charge in [0.05, 0.1) is 0 Å². The van der Waals surface area contributed by atoms with Crippen molar-refractivity contribution >= 4 is 25.4 Å². The molecule has 1 aromatic rings. The molecule has 0 N–H and O–H groups in total. The van der Waals surface area contributed by atoms with E-state index in [4.69, 9.17) is 10.7 Å². The van der Waals surface area contributed by atoms with Crippen molar-refractivity contribution in [1.29, 1.82) is 0 Å². The molecule has 1 aromatic carbocycles. The monoisotopic (exact) mass is 219 g/mol. The average molecular weight is 220 g/mol. The zero-order chi connectivity index (χ0) is 10.1. The van der Waals surface area contributed by atoms with Gasteiger partial charge in [0.25, 0.3) is 9.05 Å². The lowest BCUT2D eigenvalue weighted by Crippen LogP contribution is -1.91. The standard InChI is InChI=1S/C7H6ClNO3S/c1-5-2-3-6(9-10)7(4-5)13(8,11)12/h2-4H,1H3. The third-order valence-corrected chi connectivity index (χ3v) is 2.83. The van der Waals surface area contributed by atoms with Gasteiger partial charge in [-0.25, -0.2) is 8.42 Å². The van der Waals surface area contributed by atoms with E-state index in [2.05, 4.69) is 5.18 Å². The summed E-state index contributed by atoms with van der Waals surface area (Å²) in [6, 6.07) is 4.21. The van der Waals surface area contributed by atoms with E-state index in [1.54, 1.807) is 13.0 Å². The van der Waals surface area contributed by atoms with Crippen LogP contribution >= 0.6 is 10.7 Å². The van der Waals surface area contributed by atoms with Crippen LogP contribution in [0.2, 0.25) is 0 Å². The Morgan fingerprint density at radius 3 is 2.46 bits per heavy atom. The Balaban J connectivity index is 3.50. The fraction of sp³-hybridized carbons (Fsp3) is 0.143. The van der Waals surface area contributed by atoms with Crippen LogP contribution in [0.5, 0.6) is 0 Å². The third kappa shape index (κ3) is 2.26. The highest BCUT2D eigenvalue weighted by molar-refractivity contribution is 8.13. The third-order valence-electron chi connectivity index (χ3n) is 1.48. The summed E-state index contributed by atoms with van der Waals surface area (Å²) < 4.78 is 21.9. The van der Waals surface area contributed by atoms with Crippen molar-refractivity contribution in [1.82, 2.24) is 0 Å². The van der Waals surface area contributed by atoms with Crippen molar-refractivity contribution in [2.75, 3.05) is 0 Å². The van der Waals surface area contributed by atoms with E-state index in [1.165, 1.54) is 12.1 Å². The Hall–Kier alpha value is -0.940. The Labute approximate surface area is 79.9 Å². The largest absolute Gasteiger partial charge is 0.263 e. The van der Waals surface area contributed by atoms with E-state index in [-0.39, 0.29) is 10.6 Å². The number of nitroso groups, excluding NO2 is 1. The molecule has 6 heteroatoms. The molecule has 0 aliphatic heterocycles. The van der Waals surface area contributed by atoms with Crippen molar-refractivity contribution in [3.8, 4) is 0 Å². The molecule has 0 aliphatic rings. The lowest BCUT2D eigenvalue weighted by atomic mass is 10.2. The first-order chi connectivity index (χ1) is 5.95. The minimum atomic E-state index is -3.89. The molecule has 0 spiro atoms. The minimum absolute atomic E-state index is 0.166. The normalized spacial score (nSPS) is 11.2. The molecule has 0 heterocycles. The second-order valence-corrected chi connectivity index (χ2v) is 5.03. The highest BCUT2D eigenvalue weighted by Crippen LogP contribution is 2.27. The van der Waals surface area contributed by atoms with Gasteiger partial charge in [0, 0.05) is 10.7 Å². The van der Waals surface area contributed by atoms with Crippen LogP contribution in [0.1, 0.15) is 5.56 Å². The summed E-state index contributed by atoms with van der Waals surface area (Å²) in [4.78, 5) is 9.97. The average Bonchev–Trinajstić information content (AvgIpc) is 2.03. The van der Waals surface area contributed by atoms with Crippen LogP contribution in [0.15, 0.2) is 28.3 Å². The Kier molecular flexibility index (Phi) is 2.68. The van der Waals surface area contributed by atoms with Crippen molar-refractivity contribution < 1.29 is 8.42 Å². The van der Waals surface area contributed by atoms with Crippen LogP contribution in [-0.4, -0.2) is 8.42 Å². The Bertz CT molecular complexity index is 441. The first kappa shape index (κ1) is 10.1. The molecule has 0 aromatic heterocycles. The molecule has 0 aliphatic carbocycles. The maximum Gasteiger partial charge on any atom is 0.263 e. The zero-order valence-electron chi connectivity index (χ0n) is 6.69. The van der Waals surface area contributed by atoms with Crippen molar-refractivity contribution in [2.45, 2.75) is 11.8 Å². The number of nitrogens with zero attached hydrogens (tertiary/aromatic N) is 1. The lowest BCUT2D eigenvalue weighted by Gasteiger charge is -1.99. The highest BCUT2D eigenvalue weighted by atomic mass is 35.7. The number of hydrogen-bond donors (Lipinski definition) is 0. The molecule has 0 fully saturated rings. The maximum atomic E-state index is 10.9. The van der Waals surface area contributed by atoms with Crippen molar-refractivity contribution in [2.24, 2.45) is 5.18 Å². The lowest BCUT2D eigenvalue weighted by molar-refractivity contribution is 0.609. The summed E-state index contributed by atoms with van der Waals surface area (Å²) in [6.07, 6.45) is 0. The van der Waals surface area contributed by atoms with E-state index < -0.39 is 9.05 Å². The van der Waals surface area contributed by atoms with Crippen LogP contribution in [0, 0.1) is 11.8 Å². The molecule has 1 rings (SSSR count). The fourth-order valence-electron chi connectivity index (χ4n) is 0.892. The summed E-state index contributed by atoms with van der Waals surface area (Å²) in [5.41, 5.74) is 0.534. The predicted octanol–water partition coefficient (Wildman–Crippen LogP) is 2.32. The van der Waals surface area contributed by atoms with Crippen LogP contribution < -0.4 is 0 Å². The van der Waals surface area contributed by atoms with Gasteiger partial charge in [-0.3, -0.25) is 0 Å². The molecule has 70 valence electrons. The second-order valence-electron chi connectivity index (χ2n) is 2.50. The Morgan fingerprint density at radius 1 is 1.38 bits per heavy atom. The fourth-order valence-corrected chi connectivity index (χ4v) is 1.94. The number of rotatable bonds is 2. The van der Waals surface area contributed by atoms with Gasteiger partial charge >= 0.3 is 0 Å². The summed E-state index contributed by atoms with van der Waals surface area (Å²) >= 11 is 0. The van der Waals surface area contributed by atoms with Gasteiger partial charge in [-0.15, -0.1) is 4.91 Å². The van der Waals surface area contributed by atoms with Gasteiger partial charge in [-0.1, -0.05) is 6.07 Å². The number of aryl methyl sites for hydroxylation is 1. The molecule has 0 unspecified atom stereocenters. The first-order valence-corrected chi connectivity index (χ1v) is 5.65. The Morgan fingerprint density at radius 2 is 2.00 bits per heavy atom. The van der Waals surface area contributed by atoms with Gasteiger partial charge in [-0.05, 0) is 29.8 Å². The summed E-state index contributed by atoms with van der Waals surface area (Å²) in [6.45, 7) is 1.69. The molecule has 0 saturated carbocycles. The van der Waals surface area contributed by atoms with Crippen LogP contribution in [0.25, 0.3) is 0 Å². The summed E-state index contributed by atoms with van der Waals surface area (Å²) in [7, 11) is 1.20. The molecule has 0 radical (unpaired) electrons. The first-order valence-electron chi connectivity index (χ1n) is 3.34. The van der Waals surface area contributed by atoms with E-state index in [1.807, 2.05) is 0 Å². The predicted molar refractivity (Wildman–Crippen MR) is 49.7 cm³/mol. The quantitative estimate of drug-likeness (QED) is 0.566. The van der Waals surface area contributed by atoms with Gasteiger partial charge in [-0.2, -0.15) is 0 Å². The number of halogens is 1. The van der Waals surface area contributed by atoms with E-state index in [9.17, 15) is 13.3 Å². The zero-order valence-corrected chi connectivity index (χ0v) is 8.26. The van der Waals surface area contributed by atoms with Crippen molar-refractivity contribution in [3.05, 3.63) is 28.7 Å². The molecular weight excluding hydrogens is 214 g/mol.